The number of carbonyl (C=O) groups is 1. The maximum absolute atomic E-state index is 13.2. The SMILES string of the molecule is Cc1ccc(C(=O)[C@H](Sc2nnc(C(F)(F)F)n2C)c2ccc(C)cc2)cc1. The molecule has 1 aromatic heterocycles. The summed E-state index contributed by atoms with van der Waals surface area (Å²) in [5.74, 6) is -1.30. The van der Waals surface area contributed by atoms with Crippen LogP contribution in [0, 0.1) is 13.8 Å². The van der Waals surface area contributed by atoms with E-state index in [1.165, 1.54) is 7.05 Å². The fourth-order valence-corrected chi connectivity index (χ4v) is 3.73. The zero-order valence-corrected chi connectivity index (χ0v) is 16.3. The second-order valence-corrected chi connectivity index (χ2v) is 7.57. The van der Waals surface area contributed by atoms with Crippen LogP contribution in [0.15, 0.2) is 53.7 Å². The fraction of sp³-hybridized carbons (Fsp3) is 0.250. The minimum Gasteiger partial charge on any atom is -0.302 e. The van der Waals surface area contributed by atoms with Crippen LogP contribution in [0.4, 0.5) is 13.2 Å². The van der Waals surface area contributed by atoms with Crippen molar-refractivity contribution >= 4 is 17.5 Å². The van der Waals surface area contributed by atoms with Gasteiger partial charge in [-0.3, -0.25) is 4.79 Å². The highest BCUT2D eigenvalue weighted by molar-refractivity contribution is 8.00. The molecule has 0 bridgehead atoms. The molecule has 0 aliphatic heterocycles. The molecule has 0 radical (unpaired) electrons. The van der Waals surface area contributed by atoms with E-state index in [1.54, 1.807) is 24.3 Å². The van der Waals surface area contributed by atoms with Crippen LogP contribution in [0.5, 0.6) is 0 Å². The molecule has 0 saturated heterocycles. The highest BCUT2D eigenvalue weighted by Crippen LogP contribution is 2.38. The van der Waals surface area contributed by atoms with E-state index < -0.39 is 17.3 Å². The maximum Gasteiger partial charge on any atom is 0.451 e. The third-order valence-corrected chi connectivity index (χ3v) is 5.55. The largest absolute Gasteiger partial charge is 0.451 e. The van der Waals surface area contributed by atoms with Gasteiger partial charge in [-0.25, -0.2) is 0 Å². The lowest BCUT2D eigenvalue weighted by Crippen LogP contribution is -2.14. The molecule has 4 nitrogen and oxygen atoms in total. The molecule has 0 fully saturated rings. The van der Waals surface area contributed by atoms with Gasteiger partial charge in [0, 0.05) is 12.6 Å². The minimum atomic E-state index is -4.61. The lowest BCUT2D eigenvalue weighted by atomic mass is 10.0. The Morgan fingerprint density at radius 3 is 2.00 bits per heavy atom. The first-order valence-electron chi connectivity index (χ1n) is 8.47. The fourth-order valence-electron chi connectivity index (χ4n) is 2.65. The number of alkyl halides is 3. The molecule has 1 atom stereocenters. The molecule has 0 amide bonds. The van der Waals surface area contributed by atoms with Crippen LogP contribution in [-0.4, -0.2) is 20.5 Å². The molecular formula is C20H18F3N3OS. The third-order valence-electron chi connectivity index (χ3n) is 4.27. The summed E-state index contributed by atoms with van der Waals surface area (Å²) in [6.07, 6.45) is -4.61. The molecule has 0 aliphatic rings. The Hall–Kier alpha value is -2.61. The standard InChI is InChI=1S/C20H18F3N3OS/c1-12-4-8-14(9-5-12)16(27)17(15-10-6-13(2)7-11-15)28-19-25-24-18(26(19)3)20(21,22)23/h4-11,17H,1-3H3/t17-/m1/s1. The van der Waals surface area contributed by atoms with E-state index in [2.05, 4.69) is 10.2 Å². The number of rotatable bonds is 5. The van der Waals surface area contributed by atoms with E-state index >= 15 is 0 Å². The number of ketones is 1. The molecular weight excluding hydrogens is 387 g/mol. The highest BCUT2D eigenvalue weighted by Gasteiger charge is 2.38. The molecule has 0 spiro atoms. The van der Waals surface area contributed by atoms with Crippen molar-refractivity contribution in [3.63, 3.8) is 0 Å². The van der Waals surface area contributed by atoms with Crippen molar-refractivity contribution in [1.82, 2.24) is 14.8 Å². The molecule has 3 rings (SSSR count). The summed E-state index contributed by atoms with van der Waals surface area (Å²) in [4.78, 5) is 13.2. The summed E-state index contributed by atoms with van der Waals surface area (Å²) in [7, 11) is 1.24. The monoisotopic (exact) mass is 405 g/mol. The van der Waals surface area contributed by atoms with Gasteiger partial charge < -0.3 is 4.57 Å². The van der Waals surface area contributed by atoms with Crippen molar-refractivity contribution in [2.45, 2.75) is 30.4 Å². The predicted octanol–water partition coefficient (Wildman–Crippen LogP) is 5.17. The summed E-state index contributed by atoms with van der Waals surface area (Å²) in [6.45, 7) is 3.84. The number of halogens is 3. The van der Waals surface area contributed by atoms with E-state index in [0.29, 0.717) is 11.1 Å². The van der Waals surface area contributed by atoms with Crippen molar-refractivity contribution in [2.75, 3.05) is 0 Å². The smallest absolute Gasteiger partial charge is 0.302 e. The zero-order chi connectivity index (χ0) is 20.5. The number of carbonyl (C=O) groups excluding carboxylic acids is 1. The maximum atomic E-state index is 13.2. The number of nitrogens with zero attached hydrogens (tertiary/aromatic N) is 3. The van der Waals surface area contributed by atoms with E-state index in [1.807, 2.05) is 38.1 Å². The van der Waals surface area contributed by atoms with Gasteiger partial charge in [0.1, 0.15) is 5.25 Å². The van der Waals surface area contributed by atoms with Crippen molar-refractivity contribution in [3.8, 4) is 0 Å². The van der Waals surface area contributed by atoms with Crippen LogP contribution in [-0.2, 0) is 13.2 Å². The molecule has 0 aliphatic carbocycles. The average molecular weight is 405 g/mol. The summed E-state index contributed by atoms with van der Waals surface area (Å²) >= 11 is 0.958. The van der Waals surface area contributed by atoms with Crippen LogP contribution in [0.1, 0.15) is 38.1 Å². The number of Topliss-reactive ketones (excluding diaryl/α,β-unsaturated/α-hetero) is 1. The second kappa shape index (κ2) is 7.79. The lowest BCUT2D eigenvalue weighted by molar-refractivity contribution is -0.147. The summed E-state index contributed by atoms with van der Waals surface area (Å²) in [5, 5.41) is 6.19. The number of hydrogen-bond donors (Lipinski definition) is 0. The molecule has 8 heteroatoms. The Balaban J connectivity index is 2.00. The van der Waals surface area contributed by atoms with Crippen molar-refractivity contribution in [2.24, 2.45) is 7.05 Å². The molecule has 1 heterocycles. The Morgan fingerprint density at radius 1 is 0.964 bits per heavy atom. The molecule has 0 saturated carbocycles. The Kier molecular flexibility index (Phi) is 5.60. The van der Waals surface area contributed by atoms with Crippen LogP contribution in [0.2, 0.25) is 0 Å². The van der Waals surface area contributed by atoms with Crippen LogP contribution >= 0.6 is 11.8 Å². The molecule has 28 heavy (non-hydrogen) atoms. The van der Waals surface area contributed by atoms with E-state index in [9.17, 15) is 18.0 Å². The van der Waals surface area contributed by atoms with Gasteiger partial charge >= 0.3 is 6.18 Å². The van der Waals surface area contributed by atoms with Gasteiger partial charge in [-0.2, -0.15) is 13.2 Å². The summed E-state index contributed by atoms with van der Waals surface area (Å²) in [5.41, 5.74) is 3.21. The first-order valence-corrected chi connectivity index (χ1v) is 9.35. The Bertz CT molecular complexity index is 979. The first kappa shape index (κ1) is 20.1. The predicted molar refractivity (Wildman–Crippen MR) is 101 cm³/mol. The van der Waals surface area contributed by atoms with Gasteiger partial charge in [-0.15, -0.1) is 10.2 Å². The Morgan fingerprint density at radius 2 is 1.50 bits per heavy atom. The number of hydrogen-bond acceptors (Lipinski definition) is 4. The van der Waals surface area contributed by atoms with Gasteiger partial charge in [-0.05, 0) is 19.4 Å². The highest BCUT2D eigenvalue weighted by atomic mass is 32.2. The van der Waals surface area contributed by atoms with Crippen molar-refractivity contribution in [3.05, 3.63) is 76.6 Å². The van der Waals surface area contributed by atoms with Gasteiger partial charge in [0.2, 0.25) is 5.82 Å². The van der Waals surface area contributed by atoms with Crippen LogP contribution < -0.4 is 0 Å². The molecule has 146 valence electrons. The molecule has 0 unspecified atom stereocenters. The molecule has 2 aromatic carbocycles. The summed E-state index contributed by atoms with van der Waals surface area (Å²) in [6, 6.07) is 14.4. The number of benzene rings is 2. The van der Waals surface area contributed by atoms with E-state index in [0.717, 1.165) is 27.5 Å². The third kappa shape index (κ3) is 4.27. The Labute approximate surface area is 164 Å². The van der Waals surface area contributed by atoms with Gasteiger partial charge in [0.25, 0.3) is 0 Å². The zero-order valence-electron chi connectivity index (χ0n) is 15.5. The van der Waals surface area contributed by atoms with Gasteiger partial charge in [0.05, 0.1) is 0 Å². The quantitative estimate of drug-likeness (QED) is 0.434. The van der Waals surface area contributed by atoms with Gasteiger partial charge in [0.15, 0.2) is 10.9 Å². The number of aryl methyl sites for hydroxylation is 2. The second-order valence-electron chi connectivity index (χ2n) is 6.50. The molecule has 0 N–H and O–H groups in total. The van der Waals surface area contributed by atoms with Crippen LogP contribution in [0.3, 0.4) is 0 Å². The molecule has 3 aromatic rings. The van der Waals surface area contributed by atoms with E-state index in [4.69, 9.17) is 0 Å². The number of aromatic nitrogens is 3. The first-order chi connectivity index (χ1) is 13.2. The normalized spacial score (nSPS) is 12.8. The van der Waals surface area contributed by atoms with E-state index in [-0.39, 0.29) is 10.9 Å². The summed E-state index contributed by atoms with van der Waals surface area (Å²) < 4.78 is 40.0. The van der Waals surface area contributed by atoms with Gasteiger partial charge in [-0.1, -0.05) is 71.4 Å². The lowest BCUT2D eigenvalue weighted by Gasteiger charge is -2.16. The van der Waals surface area contributed by atoms with Crippen molar-refractivity contribution in [1.29, 1.82) is 0 Å². The number of thioether (sulfide) groups is 1. The topological polar surface area (TPSA) is 47.8 Å². The average Bonchev–Trinajstić information content (AvgIpc) is 3.01. The minimum absolute atomic E-state index is 0.0263. The van der Waals surface area contributed by atoms with Crippen LogP contribution in [0.25, 0.3) is 0 Å². The van der Waals surface area contributed by atoms with Crippen molar-refractivity contribution < 1.29 is 18.0 Å².